The Hall–Kier alpha value is -1.52. The van der Waals surface area contributed by atoms with E-state index in [9.17, 15) is 4.79 Å². The minimum Gasteiger partial charge on any atom is -0.359 e. The molecule has 0 aromatic carbocycles. The van der Waals surface area contributed by atoms with Crippen LogP contribution in [0.4, 0.5) is 4.79 Å². The maximum absolute atomic E-state index is 11.9. The number of likely N-dealkylation sites (tertiary alicyclic amines) is 1. The summed E-state index contributed by atoms with van der Waals surface area (Å²) in [5.41, 5.74) is 0.862. The fourth-order valence-corrected chi connectivity index (χ4v) is 2.18. The number of aromatic nitrogens is 1. The number of urea groups is 1. The van der Waals surface area contributed by atoms with Crippen LogP contribution in [-0.4, -0.2) is 29.2 Å². The molecule has 1 aliphatic heterocycles. The Morgan fingerprint density at radius 3 is 3.18 bits per heavy atom. The molecule has 2 amide bonds. The van der Waals surface area contributed by atoms with Gasteiger partial charge in [-0.05, 0) is 26.2 Å². The predicted octanol–water partition coefficient (Wildman–Crippen LogP) is 2.24. The minimum absolute atomic E-state index is 0.00315. The highest BCUT2D eigenvalue weighted by Gasteiger charge is 2.32. The van der Waals surface area contributed by atoms with Gasteiger partial charge >= 0.3 is 6.03 Å². The van der Waals surface area contributed by atoms with Crippen LogP contribution < -0.4 is 5.32 Å². The lowest BCUT2D eigenvalue weighted by Gasteiger charge is -2.22. The quantitative estimate of drug-likeness (QED) is 0.877. The Kier molecular flexibility index (Phi) is 3.66. The molecule has 5 nitrogen and oxygen atoms in total. The van der Waals surface area contributed by atoms with Gasteiger partial charge in [-0.3, -0.25) is 0 Å². The third kappa shape index (κ3) is 2.60. The van der Waals surface area contributed by atoms with Gasteiger partial charge in [0.15, 0.2) is 5.76 Å². The lowest BCUT2D eigenvalue weighted by atomic mass is 10.1. The summed E-state index contributed by atoms with van der Waals surface area (Å²) in [6.45, 7) is 5.45. The van der Waals surface area contributed by atoms with Crippen molar-refractivity contribution in [2.24, 2.45) is 0 Å². The van der Waals surface area contributed by atoms with E-state index in [1.54, 1.807) is 0 Å². The Balaban J connectivity index is 2.04. The number of carbonyl (C=O) groups excluding carboxylic acids is 1. The lowest BCUT2D eigenvalue weighted by Crippen LogP contribution is -2.39. The Morgan fingerprint density at radius 2 is 2.53 bits per heavy atom. The topological polar surface area (TPSA) is 58.4 Å². The number of hydrogen-bond acceptors (Lipinski definition) is 3. The zero-order valence-electron chi connectivity index (χ0n) is 10.4. The molecule has 0 radical (unpaired) electrons. The monoisotopic (exact) mass is 237 g/mol. The zero-order valence-corrected chi connectivity index (χ0v) is 10.4. The Morgan fingerprint density at radius 1 is 1.71 bits per heavy atom. The van der Waals surface area contributed by atoms with Gasteiger partial charge in [-0.1, -0.05) is 12.1 Å². The molecule has 0 aliphatic carbocycles. The second kappa shape index (κ2) is 5.21. The van der Waals surface area contributed by atoms with Gasteiger partial charge in [0.1, 0.15) is 0 Å². The highest BCUT2D eigenvalue weighted by atomic mass is 16.5. The van der Waals surface area contributed by atoms with E-state index in [-0.39, 0.29) is 12.1 Å². The highest BCUT2D eigenvalue weighted by Crippen LogP contribution is 2.31. The summed E-state index contributed by atoms with van der Waals surface area (Å²) in [4.78, 5) is 13.8. The number of nitrogens with one attached hydrogen (secondary N) is 1. The average Bonchev–Trinajstić information content (AvgIpc) is 2.93. The third-order valence-corrected chi connectivity index (χ3v) is 3.01. The van der Waals surface area contributed by atoms with Gasteiger partial charge in [0.05, 0.1) is 11.7 Å². The first-order chi connectivity index (χ1) is 8.22. The van der Waals surface area contributed by atoms with Gasteiger partial charge in [-0.25, -0.2) is 4.79 Å². The van der Waals surface area contributed by atoms with E-state index in [2.05, 4.69) is 10.5 Å². The fourth-order valence-electron chi connectivity index (χ4n) is 2.18. The van der Waals surface area contributed by atoms with Crippen molar-refractivity contribution < 1.29 is 9.32 Å². The molecular formula is C12H19N3O2. The van der Waals surface area contributed by atoms with Crippen molar-refractivity contribution in [2.75, 3.05) is 13.1 Å². The largest absolute Gasteiger partial charge is 0.359 e. The van der Waals surface area contributed by atoms with Crippen molar-refractivity contribution in [1.82, 2.24) is 15.4 Å². The maximum Gasteiger partial charge on any atom is 0.318 e. The van der Waals surface area contributed by atoms with E-state index in [0.717, 1.165) is 43.8 Å². The van der Waals surface area contributed by atoms with Crippen LogP contribution >= 0.6 is 0 Å². The molecule has 1 fully saturated rings. The molecular weight excluding hydrogens is 218 g/mol. The van der Waals surface area contributed by atoms with Crippen LogP contribution in [0.5, 0.6) is 0 Å². The van der Waals surface area contributed by atoms with Crippen molar-refractivity contribution in [3.8, 4) is 0 Å². The molecule has 17 heavy (non-hydrogen) atoms. The van der Waals surface area contributed by atoms with Crippen molar-refractivity contribution in [3.05, 3.63) is 17.5 Å². The molecule has 0 bridgehead atoms. The summed E-state index contributed by atoms with van der Waals surface area (Å²) in [5.74, 6) is 0.798. The van der Waals surface area contributed by atoms with Crippen LogP contribution in [0.1, 0.15) is 43.7 Å². The van der Waals surface area contributed by atoms with Gasteiger partial charge in [0.25, 0.3) is 0 Å². The summed E-state index contributed by atoms with van der Waals surface area (Å²) >= 11 is 0. The van der Waals surface area contributed by atoms with Crippen molar-refractivity contribution in [1.29, 1.82) is 0 Å². The van der Waals surface area contributed by atoms with Crippen LogP contribution in [0.15, 0.2) is 10.6 Å². The first kappa shape index (κ1) is 12.0. The van der Waals surface area contributed by atoms with Gasteiger partial charge < -0.3 is 14.7 Å². The van der Waals surface area contributed by atoms with Crippen molar-refractivity contribution in [2.45, 2.75) is 39.2 Å². The number of amides is 2. The van der Waals surface area contributed by atoms with Gasteiger partial charge in [0.2, 0.25) is 0 Å². The molecule has 2 heterocycles. The molecule has 0 spiro atoms. The van der Waals surface area contributed by atoms with Crippen molar-refractivity contribution in [3.63, 3.8) is 0 Å². The molecule has 1 N–H and O–H groups in total. The number of hydrogen-bond donors (Lipinski definition) is 1. The molecule has 1 aliphatic rings. The van der Waals surface area contributed by atoms with E-state index < -0.39 is 0 Å². The van der Waals surface area contributed by atoms with Crippen LogP contribution in [0, 0.1) is 6.92 Å². The van der Waals surface area contributed by atoms with E-state index in [1.165, 1.54) is 0 Å². The standard InChI is InChI=1S/C12H19N3O2/c1-3-6-13-12(16)15-7-4-5-10(15)11-8-9(2)14-17-11/h8,10H,3-7H2,1-2H3,(H,13,16). The molecule has 94 valence electrons. The predicted molar refractivity (Wildman–Crippen MR) is 63.6 cm³/mol. The summed E-state index contributed by atoms with van der Waals surface area (Å²) < 4.78 is 5.26. The maximum atomic E-state index is 11.9. The molecule has 1 aromatic heterocycles. The van der Waals surface area contributed by atoms with E-state index in [1.807, 2.05) is 24.8 Å². The second-order valence-electron chi connectivity index (χ2n) is 4.45. The molecule has 1 unspecified atom stereocenters. The van der Waals surface area contributed by atoms with Crippen LogP contribution in [0.3, 0.4) is 0 Å². The van der Waals surface area contributed by atoms with E-state index >= 15 is 0 Å². The van der Waals surface area contributed by atoms with E-state index in [0.29, 0.717) is 0 Å². The first-order valence-corrected chi connectivity index (χ1v) is 6.20. The molecule has 1 aromatic rings. The highest BCUT2D eigenvalue weighted by molar-refractivity contribution is 5.74. The normalized spacial score (nSPS) is 19.6. The summed E-state index contributed by atoms with van der Waals surface area (Å²) in [6, 6.07) is 1.97. The number of nitrogens with zero attached hydrogens (tertiary/aromatic N) is 2. The van der Waals surface area contributed by atoms with Gasteiger partial charge in [-0.2, -0.15) is 0 Å². The number of rotatable bonds is 3. The summed E-state index contributed by atoms with van der Waals surface area (Å²) in [6.07, 6.45) is 2.92. The molecule has 1 saturated heterocycles. The number of carbonyl (C=O) groups is 1. The van der Waals surface area contributed by atoms with Gasteiger partial charge in [0, 0.05) is 19.2 Å². The molecule has 5 heteroatoms. The van der Waals surface area contributed by atoms with Crippen LogP contribution in [-0.2, 0) is 0 Å². The van der Waals surface area contributed by atoms with Gasteiger partial charge in [-0.15, -0.1) is 0 Å². The summed E-state index contributed by atoms with van der Waals surface area (Å²) in [7, 11) is 0. The molecule has 0 saturated carbocycles. The smallest absolute Gasteiger partial charge is 0.318 e. The summed E-state index contributed by atoms with van der Waals surface area (Å²) in [5, 5.41) is 6.79. The molecule has 1 atom stereocenters. The zero-order chi connectivity index (χ0) is 12.3. The average molecular weight is 237 g/mol. The fraction of sp³-hybridized carbons (Fsp3) is 0.667. The third-order valence-electron chi connectivity index (χ3n) is 3.01. The Bertz CT molecular complexity index is 389. The van der Waals surface area contributed by atoms with E-state index in [4.69, 9.17) is 4.52 Å². The van der Waals surface area contributed by atoms with Crippen molar-refractivity contribution >= 4 is 6.03 Å². The Labute approximate surface area is 101 Å². The second-order valence-corrected chi connectivity index (χ2v) is 4.45. The minimum atomic E-state index is 0.00315. The number of aryl methyl sites for hydroxylation is 1. The molecule has 2 rings (SSSR count). The lowest BCUT2D eigenvalue weighted by molar-refractivity contribution is 0.182. The van der Waals surface area contributed by atoms with Crippen LogP contribution in [0.2, 0.25) is 0 Å². The van der Waals surface area contributed by atoms with Crippen LogP contribution in [0.25, 0.3) is 0 Å². The first-order valence-electron chi connectivity index (χ1n) is 6.20. The SMILES string of the molecule is CCCNC(=O)N1CCCC1c1cc(C)no1.